The molecule has 0 unspecified atom stereocenters. The minimum Gasteiger partial charge on any atom is -0.444 e. The average Bonchev–Trinajstić information content (AvgIpc) is 3.09. The van der Waals surface area contributed by atoms with Crippen LogP contribution < -0.4 is 15.8 Å². The number of pyridine rings is 2. The molecule has 7 nitrogen and oxygen atoms in total. The number of nitrogens with zero attached hydrogens (tertiary/aromatic N) is 3. The van der Waals surface area contributed by atoms with Crippen molar-refractivity contribution in [1.29, 1.82) is 0 Å². The van der Waals surface area contributed by atoms with Crippen molar-refractivity contribution in [3.05, 3.63) is 72.7 Å². The minimum atomic E-state index is -0.989. The predicted octanol–water partition coefficient (Wildman–Crippen LogP) is 4.95. The monoisotopic (exact) mass is 419 g/mol. The molecule has 4 aromatic rings. The third-order valence-corrected chi connectivity index (χ3v) is 5.03. The van der Waals surface area contributed by atoms with Gasteiger partial charge < -0.3 is 20.9 Å². The summed E-state index contributed by atoms with van der Waals surface area (Å²) in [6.45, 7) is 3.39. The van der Waals surface area contributed by atoms with E-state index < -0.39 is 5.60 Å². The number of aliphatic hydroxyl groups is 1. The van der Waals surface area contributed by atoms with Crippen LogP contribution in [0.4, 0.5) is 16.6 Å². The highest BCUT2D eigenvalue weighted by molar-refractivity contribution is 7.17. The Bertz CT molecular complexity index is 1140. The van der Waals surface area contributed by atoms with E-state index >= 15 is 0 Å². The van der Waals surface area contributed by atoms with Crippen LogP contribution in [0.3, 0.4) is 0 Å². The first-order valence-electron chi connectivity index (χ1n) is 9.30. The van der Waals surface area contributed by atoms with E-state index in [1.807, 2.05) is 36.4 Å². The van der Waals surface area contributed by atoms with Crippen LogP contribution in [-0.4, -0.2) is 20.1 Å². The van der Waals surface area contributed by atoms with Crippen molar-refractivity contribution in [2.75, 3.05) is 11.1 Å². The number of thiazole rings is 1. The molecule has 0 bridgehead atoms. The molecule has 0 fully saturated rings. The number of benzene rings is 1. The van der Waals surface area contributed by atoms with Crippen LogP contribution in [0.2, 0.25) is 0 Å². The summed E-state index contributed by atoms with van der Waals surface area (Å²) in [5, 5.41) is 14.3. The molecule has 152 valence electrons. The summed E-state index contributed by atoms with van der Waals surface area (Å²) >= 11 is 1.29. The number of ether oxygens (including phenoxy) is 1. The average molecular weight is 420 g/mol. The van der Waals surface area contributed by atoms with Crippen molar-refractivity contribution in [3.63, 3.8) is 0 Å². The van der Waals surface area contributed by atoms with Gasteiger partial charge in [0.25, 0.3) is 0 Å². The topological polar surface area (TPSA) is 106 Å². The van der Waals surface area contributed by atoms with E-state index in [1.54, 1.807) is 44.4 Å². The Morgan fingerprint density at radius 2 is 1.87 bits per heavy atom. The van der Waals surface area contributed by atoms with Crippen LogP contribution >= 0.6 is 11.3 Å². The third-order valence-electron chi connectivity index (χ3n) is 4.26. The molecule has 30 heavy (non-hydrogen) atoms. The molecule has 3 heterocycles. The van der Waals surface area contributed by atoms with Gasteiger partial charge in [0.2, 0.25) is 5.06 Å². The van der Waals surface area contributed by atoms with E-state index in [1.165, 1.54) is 11.3 Å². The molecule has 0 aliphatic carbocycles. The standard InChI is InChI=1S/C22H21N5O2S/c1-22(2,28)17-9-8-15(13-25-17)26-18-12-16(10-11-24-18)29-20-19(27-21(23)30-20)14-6-4-3-5-7-14/h3-13,28H,1-2H3,(H2,23,27)(H,24,26). The van der Waals surface area contributed by atoms with Crippen molar-refractivity contribution in [1.82, 2.24) is 15.0 Å². The Morgan fingerprint density at radius 1 is 1.07 bits per heavy atom. The number of hydrogen-bond donors (Lipinski definition) is 3. The zero-order valence-electron chi connectivity index (χ0n) is 16.5. The lowest BCUT2D eigenvalue weighted by molar-refractivity contribution is 0.0739. The molecular formula is C22H21N5O2S. The SMILES string of the molecule is CC(C)(O)c1ccc(Nc2cc(Oc3sc(N)nc3-c3ccccc3)ccn2)cn1. The first kappa shape index (κ1) is 19.8. The molecule has 4 N–H and O–H groups in total. The van der Waals surface area contributed by atoms with Gasteiger partial charge in [-0.05, 0) is 32.0 Å². The van der Waals surface area contributed by atoms with Crippen molar-refractivity contribution < 1.29 is 9.84 Å². The highest BCUT2D eigenvalue weighted by Gasteiger charge is 2.17. The van der Waals surface area contributed by atoms with Gasteiger partial charge in [-0.25, -0.2) is 9.97 Å². The quantitative estimate of drug-likeness (QED) is 0.406. The molecule has 3 aromatic heterocycles. The van der Waals surface area contributed by atoms with Gasteiger partial charge >= 0.3 is 0 Å². The van der Waals surface area contributed by atoms with Gasteiger partial charge in [0.05, 0.1) is 17.6 Å². The number of aromatic nitrogens is 3. The predicted molar refractivity (Wildman–Crippen MR) is 119 cm³/mol. The molecule has 0 atom stereocenters. The summed E-state index contributed by atoms with van der Waals surface area (Å²) in [6.07, 6.45) is 3.31. The maximum atomic E-state index is 10.0. The van der Waals surface area contributed by atoms with Crippen molar-refractivity contribution >= 4 is 28.0 Å². The lowest BCUT2D eigenvalue weighted by Crippen LogP contribution is -2.17. The van der Waals surface area contributed by atoms with E-state index in [2.05, 4.69) is 20.3 Å². The fraction of sp³-hybridized carbons (Fsp3) is 0.136. The highest BCUT2D eigenvalue weighted by Crippen LogP contribution is 2.39. The molecule has 0 saturated heterocycles. The van der Waals surface area contributed by atoms with Crippen molar-refractivity contribution in [2.24, 2.45) is 0 Å². The second-order valence-electron chi connectivity index (χ2n) is 7.15. The molecule has 0 spiro atoms. The largest absolute Gasteiger partial charge is 0.444 e. The summed E-state index contributed by atoms with van der Waals surface area (Å²) in [7, 11) is 0. The van der Waals surface area contributed by atoms with Gasteiger partial charge in [0.1, 0.15) is 22.9 Å². The number of nitrogens with one attached hydrogen (secondary N) is 1. The van der Waals surface area contributed by atoms with Gasteiger partial charge in [-0.2, -0.15) is 0 Å². The van der Waals surface area contributed by atoms with Gasteiger partial charge in [0, 0.05) is 17.8 Å². The maximum absolute atomic E-state index is 10.0. The molecule has 0 aliphatic heterocycles. The van der Waals surface area contributed by atoms with Gasteiger partial charge in [-0.15, -0.1) is 0 Å². The number of hydrogen-bond acceptors (Lipinski definition) is 8. The first-order valence-corrected chi connectivity index (χ1v) is 10.1. The fourth-order valence-electron chi connectivity index (χ4n) is 2.80. The molecule has 1 aromatic carbocycles. The number of nitrogens with two attached hydrogens (primary N) is 1. The number of nitrogen functional groups attached to an aromatic ring is 1. The summed E-state index contributed by atoms with van der Waals surface area (Å²) < 4.78 is 6.07. The molecule has 4 rings (SSSR count). The van der Waals surface area contributed by atoms with Gasteiger partial charge in [-0.3, -0.25) is 4.98 Å². The van der Waals surface area contributed by atoms with Crippen LogP contribution in [0.15, 0.2) is 67.0 Å². The zero-order valence-corrected chi connectivity index (χ0v) is 17.4. The number of rotatable bonds is 6. The first-order chi connectivity index (χ1) is 14.4. The summed E-state index contributed by atoms with van der Waals surface area (Å²) in [5.74, 6) is 1.21. The maximum Gasteiger partial charge on any atom is 0.210 e. The van der Waals surface area contributed by atoms with Crippen molar-refractivity contribution in [3.8, 4) is 22.1 Å². The van der Waals surface area contributed by atoms with E-state index in [-0.39, 0.29) is 0 Å². The Labute approximate surface area is 178 Å². The summed E-state index contributed by atoms with van der Waals surface area (Å²) in [5.41, 5.74) is 7.92. The Kier molecular flexibility index (Phi) is 5.35. The Balaban J connectivity index is 1.54. The van der Waals surface area contributed by atoms with Crippen LogP contribution in [-0.2, 0) is 5.60 Å². The van der Waals surface area contributed by atoms with E-state index in [9.17, 15) is 5.11 Å². The highest BCUT2D eigenvalue weighted by atomic mass is 32.1. The van der Waals surface area contributed by atoms with Gasteiger partial charge in [-0.1, -0.05) is 41.7 Å². The minimum absolute atomic E-state index is 0.439. The van der Waals surface area contributed by atoms with Crippen LogP contribution in [0.25, 0.3) is 11.3 Å². The molecular weight excluding hydrogens is 398 g/mol. The number of anilines is 3. The van der Waals surface area contributed by atoms with Crippen LogP contribution in [0.5, 0.6) is 10.8 Å². The van der Waals surface area contributed by atoms with Crippen molar-refractivity contribution in [2.45, 2.75) is 19.4 Å². The second-order valence-corrected chi connectivity index (χ2v) is 8.14. The van der Waals surface area contributed by atoms with Crippen LogP contribution in [0, 0.1) is 0 Å². The normalized spacial score (nSPS) is 11.3. The Hall–Kier alpha value is -3.49. The third kappa shape index (κ3) is 4.56. The smallest absolute Gasteiger partial charge is 0.210 e. The molecule has 0 aliphatic rings. The van der Waals surface area contributed by atoms with Gasteiger partial charge in [0.15, 0.2) is 5.13 Å². The molecule has 0 amide bonds. The fourth-order valence-corrected chi connectivity index (χ4v) is 3.52. The summed E-state index contributed by atoms with van der Waals surface area (Å²) in [6, 6.07) is 16.9. The molecule has 8 heteroatoms. The lowest BCUT2D eigenvalue weighted by atomic mass is 10.1. The lowest BCUT2D eigenvalue weighted by Gasteiger charge is -2.16. The van der Waals surface area contributed by atoms with Crippen LogP contribution in [0.1, 0.15) is 19.5 Å². The van der Waals surface area contributed by atoms with E-state index in [4.69, 9.17) is 10.5 Å². The summed E-state index contributed by atoms with van der Waals surface area (Å²) in [4.78, 5) is 13.0. The van der Waals surface area contributed by atoms with E-state index in [0.29, 0.717) is 33.1 Å². The molecule has 0 radical (unpaired) electrons. The van der Waals surface area contributed by atoms with E-state index in [0.717, 1.165) is 11.3 Å². The molecule has 0 saturated carbocycles. The second kappa shape index (κ2) is 8.10. The Morgan fingerprint density at radius 3 is 2.57 bits per heavy atom. The zero-order chi connectivity index (χ0) is 21.1.